The van der Waals surface area contributed by atoms with Crippen molar-refractivity contribution in [2.24, 2.45) is 10.7 Å². The van der Waals surface area contributed by atoms with Crippen molar-refractivity contribution in [3.63, 3.8) is 0 Å². The number of nitrogens with zero attached hydrogens (tertiary/aromatic N) is 4. The number of pyridine rings is 1. The molecule has 0 aliphatic carbocycles. The minimum absolute atomic E-state index is 0.185. The molecule has 2 aromatic heterocycles. The van der Waals surface area contributed by atoms with Gasteiger partial charge in [0.15, 0.2) is 0 Å². The molecule has 1 aromatic carbocycles. The highest BCUT2D eigenvalue weighted by atomic mass is 16.5. The summed E-state index contributed by atoms with van der Waals surface area (Å²) in [7, 11) is 3.41. The number of nitrogens with one attached hydrogen (secondary N) is 1. The predicted octanol–water partition coefficient (Wildman–Crippen LogP) is 4.46. The molecule has 0 amide bonds. The Morgan fingerprint density at radius 1 is 1.19 bits per heavy atom. The Morgan fingerprint density at radius 2 is 2.00 bits per heavy atom. The van der Waals surface area contributed by atoms with E-state index in [1.807, 2.05) is 44.3 Å². The molecule has 0 bridgehead atoms. The lowest BCUT2D eigenvalue weighted by molar-refractivity contribution is 0.407. The number of rotatable bonds is 8. The van der Waals surface area contributed by atoms with Gasteiger partial charge in [0.2, 0.25) is 0 Å². The fraction of sp³-hybridized carbons (Fsp3) is 0.280. The molecule has 0 spiro atoms. The highest BCUT2D eigenvalue weighted by molar-refractivity contribution is 6.10. The molecule has 0 fully saturated rings. The molecule has 3 aromatic rings. The van der Waals surface area contributed by atoms with Crippen molar-refractivity contribution in [1.82, 2.24) is 15.0 Å². The van der Waals surface area contributed by atoms with Crippen LogP contribution in [0.3, 0.4) is 0 Å². The van der Waals surface area contributed by atoms with Gasteiger partial charge in [-0.25, -0.2) is 9.97 Å². The van der Waals surface area contributed by atoms with Crippen LogP contribution in [0.1, 0.15) is 36.6 Å². The summed E-state index contributed by atoms with van der Waals surface area (Å²) < 4.78 is 5.69. The fourth-order valence-corrected chi connectivity index (χ4v) is 3.42. The second-order valence-corrected chi connectivity index (χ2v) is 7.70. The molecule has 3 N–H and O–H groups in total. The quantitative estimate of drug-likeness (QED) is 0.512. The smallest absolute Gasteiger partial charge is 0.129 e. The van der Waals surface area contributed by atoms with E-state index in [2.05, 4.69) is 44.3 Å². The summed E-state index contributed by atoms with van der Waals surface area (Å²) in [6, 6.07) is 12.1. The van der Waals surface area contributed by atoms with E-state index < -0.39 is 0 Å². The molecule has 2 heterocycles. The average molecular weight is 431 g/mol. The first-order valence-electron chi connectivity index (χ1n) is 10.5. The third kappa shape index (κ3) is 5.49. The second-order valence-electron chi connectivity index (χ2n) is 7.70. The van der Waals surface area contributed by atoms with Gasteiger partial charge in [0.25, 0.3) is 0 Å². The van der Waals surface area contributed by atoms with Crippen LogP contribution in [0, 0.1) is 6.92 Å². The first kappa shape index (κ1) is 22.9. The largest absolute Gasteiger partial charge is 0.496 e. The van der Waals surface area contributed by atoms with Gasteiger partial charge in [0, 0.05) is 60.5 Å². The van der Waals surface area contributed by atoms with Gasteiger partial charge >= 0.3 is 0 Å². The highest BCUT2D eigenvalue weighted by Crippen LogP contribution is 2.30. The van der Waals surface area contributed by atoms with Crippen molar-refractivity contribution in [2.45, 2.75) is 26.7 Å². The predicted molar refractivity (Wildman–Crippen MR) is 131 cm³/mol. The summed E-state index contributed by atoms with van der Waals surface area (Å²) in [5.74, 6) is 1.76. The van der Waals surface area contributed by atoms with E-state index in [-0.39, 0.29) is 5.92 Å². The lowest BCUT2D eigenvalue weighted by Crippen LogP contribution is -2.12. The van der Waals surface area contributed by atoms with Crippen LogP contribution in [-0.4, -0.2) is 41.9 Å². The van der Waals surface area contributed by atoms with Crippen LogP contribution in [0.2, 0.25) is 0 Å². The van der Waals surface area contributed by atoms with Crippen molar-refractivity contribution in [2.75, 3.05) is 26.0 Å². The van der Waals surface area contributed by atoms with Gasteiger partial charge in [0.05, 0.1) is 12.8 Å². The van der Waals surface area contributed by atoms with Crippen LogP contribution in [0.5, 0.6) is 5.75 Å². The molecule has 0 saturated heterocycles. The molecule has 1 unspecified atom stereocenters. The molecule has 7 heteroatoms. The Kier molecular flexibility index (Phi) is 7.54. The Balaban J connectivity index is 1.76. The van der Waals surface area contributed by atoms with Crippen molar-refractivity contribution in [3.05, 3.63) is 71.4 Å². The first-order valence-corrected chi connectivity index (χ1v) is 10.5. The van der Waals surface area contributed by atoms with E-state index in [1.54, 1.807) is 26.7 Å². The van der Waals surface area contributed by atoms with Gasteiger partial charge in [-0.2, -0.15) is 0 Å². The standard InChI is InChI=1S/C25H30N6O/c1-16(21-9-8-19(10-24(21)32-5)22(14-27-4)18(3)26)12-29-25-11-23(30-15-31-25)20-7-6-17(2)28-13-20/h6-11,13-16H,12,26H2,1-5H3,(H,29,30,31). The zero-order chi connectivity index (χ0) is 23.1. The summed E-state index contributed by atoms with van der Waals surface area (Å²) in [4.78, 5) is 17.2. The Morgan fingerprint density at radius 3 is 2.66 bits per heavy atom. The minimum Gasteiger partial charge on any atom is -0.496 e. The summed E-state index contributed by atoms with van der Waals surface area (Å²) in [5.41, 5.74) is 12.5. The zero-order valence-electron chi connectivity index (χ0n) is 19.3. The Hall–Kier alpha value is -3.74. The Labute approximate surface area is 189 Å². The van der Waals surface area contributed by atoms with Crippen molar-refractivity contribution < 1.29 is 4.74 Å². The summed E-state index contributed by atoms with van der Waals surface area (Å²) in [6.07, 6.45) is 5.16. The molecule has 166 valence electrons. The molecule has 1 atom stereocenters. The van der Waals surface area contributed by atoms with Crippen molar-refractivity contribution in [1.29, 1.82) is 0 Å². The van der Waals surface area contributed by atoms with Crippen molar-refractivity contribution >= 4 is 17.6 Å². The number of hydrogen-bond donors (Lipinski definition) is 2. The van der Waals surface area contributed by atoms with Gasteiger partial charge in [-0.3, -0.25) is 9.98 Å². The third-order valence-corrected chi connectivity index (χ3v) is 5.22. The molecular weight excluding hydrogens is 400 g/mol. The van der Waals surface area contributed by atoms with E-state index in [4.69, 9.17) is 10.5 Å². The van der Waals surface area contributed by atoms with Crippen LogP contribution >= 0.6 is 0 Å². The topological polar surface area (TPSA) is 98.3 Å². The molecule has 3 rings (SSSR count). The molecule has 32 heavy (non-hydrogen) atoms. The van der Waals surface area contributed by atoms with Crippen LogP contribution in [-0.2, 0) is 0 Å². The molecule has 7 nitrogen and oxygen atoms in total. The number of aromatic nitrogens is 3. The number of aryl methyl sites for hydroxylation is 1. The molecule has 0 aliphatic rings. The number of anilines is 1. The first-order chi connectivity index (χ1) is 15.4. The van der Waals surface area contributed by atoms with E-state index in [0.29, 0.717) is 12.2 Å². The number of nitrogens with two attached hydrogens (primary N) is 1. The van der Waals surface area contributed by atoms with Gasteiger partial charge in [-0.05, 0) is 43.2 Å². The fourth-order valence-electron chi connectivity index (χ4n) is 3.42. The SMILES string of the molecule is CN=CC(=C(C)N)c1ccc(C(C)CNc2cc(-c3ccc(C)nc3)ncn2)c(OC)c1. The maximum Gasteiger partial charge on any atom is 0.129 e. The maximum absolute atomic E-state index is 6.04. The van der Waals surface area contributed by atoms with E-state index in [9.17, 15) is 0 Å². The minimum atomic E-state index is 0.185. The zero-order valence-corrected chi connectivity index (χ0v) is 19.3. The number of ether oxygens (including phenoxy) is 1. The molecule has 0 aliphatic heterocycles. The second kappa shape index (κ2) is 10.5. The Bertz CT molecular complexity index is 1120. The highest BCUT2D eigenvalue weighted by Gasteiger charge is 2.14. The maximum atomic E-state index is 6.04. The third-order valence-electron chi connectivity index (χ3n) is 5.22. The van der Waals surface area contributed by atoms with E-state index >= 15 is 0 Å². The average Bonchev–Trinajstić information content (AvgIpc) is 2.81. The van der Waals surface area contributed by atoms with Crippen LogP contribution in [0.4, 0.5) is 5.82 Å². The van der Waals surface area contributed by atoms with Gasteiger partial charge in [0.1, 0.15) is 17.9 Å². The van der Waals surface area contributed by atoms with Gasteiger partial charge in [-0.1, -0.05) is 19.1 Å². The number of methoxy groups -OCH3 is 1. The number of hydrogen-bond acceptors (Lipinski definition) is 7. The summed E-state index contributed by atoms with van der Waals surface area (Å²) in [6.45, 7) is 6.67. The lowest BCUT2D eigenvalue weighted by Gasteiger charge is -2.18. The number of aliphatic imine (C=N–C) groups is 1. The summed E-state index contributed by atoms with van der Waals surface area (Å²) >= 11 is 0. The van der Waals surface area contributed by atoms with Gasteiger partial charge in [-0.15, -0.1) is 0 Å². The van der Waals surface area contributed by atoms with Crippen LogP contribution in [0.15, 0.2) is 59.6 Å². The van der Waals surface area contributed by atoms with Crippen LogP contribution in [0.25, 0.3) is 16.8 Å². The molecule has 0 radical (unpaired) electrons. The van der Waals surface area contributed by atoms with E-state index in [1.165, 1.54) is 0 Å². The number of benzene rings is 1. The lowest BCUT2D eigenvalue weighted by atomic mass is 9.95. The molecular formula is C25H30N6O. The summed E-state index contributed by atoms with van der Waals surface area (Å²) in [5, 5.41) is 3.41. The van der Waals surface area contributed by atoms with Crippen molar-refractivity contribution in [3.8, 4) is 17.0 Å². The molecule has 0 saturated carbocycles. The van der Waals surface area contributed by atoms with Gasteiger partial charge < -0.3 is 15.8 Å². The van der Waals surface area contributed by atoms with Crippen LogP contribution < -0.4 is 15.8 Å². The van der Waals surface area contributed by atoms with E-state index in [0.717, 1.165) is 45.2 Å². The monoisotopic (exact) mass is 430 g/mol. The number of allylic oxidation sites excluding steroid dienone is 2. The normalized spacial score (nSPS) is 13.0.